The highest BCUT2D eigenvalue weighted by atomic mass is 35.5. The summed E-state index contributed by atoms with van der Waals surface area (Å²) in [4.78, 5) is 20.0. The summed E-state index contributed by atoms with van der Waals surface area (Å²) < 4.78 is 6.85. The molecule has 6 nitrogen and oxygen atoms in total. The third-order valence-corrected chi connectivity index (χ3v) is 4.77. The van der Waals surface area contributed by atoms with Gasteiger partial charge in [0.25, 0.3) is 5.56 Å². The average molecular weight is 361 g/mol. The minimum absolute atomic E-state index is 0.209. The molecule has 0 saturated heterocycles. The van der Waals surface area contributed by atoms with Gasteiger partial charge in [-0.25, -0.2) is 9.50 Å². The highest BCUT2D eigenvalue weighted by Gasteiger charge is 2.20. The summed E-state index contributed by atoms with van der Waals surface area (Å²) >= 11 is 6.20. The van der Waals surface area contributed by atoms with Crippen molar-refractivity contribution in [3.63, 3.8) is 0 Å². The van der Waals surface area contributed by atoms with Crippen LogP contribution < -0.4 is 10.3 Å². The smallest absolute Gasteiger partial charge is 0.277 e. The van der Waals surface area contributed by atoms with Crippen LogP contribution in [0.4, 0.5) is 0 Å². The van der Waals surface area contributed by atoms with Gasteiger partial charge in [0.15, 0.2) is 11.3 Å². The molecule has 0 atom stereocenters. The Morgan fingerprint density at radius 2 is 2.04 bits per heavy atom. The Morgan fingerprint density at radius 3 is 2.64 bits per heavy atom. The van der Waals surface area contributed by atoms with Gasteiger partial charge >= 0.3 is 0 Å². The van der Waals surface area contributed by atoms with E-state index in [1.165, 1.54) is 0 Å². The second-order valence-corrected chi connectivity index (χ2v) is 6.39. The summed E-state index contributed by atoms with van der Waals surface area (Å²) in [6.45, 7) is 6.06. The molecule has 0 aliphatic rings. The fraction of sp³-hybridized carbons (Fsp3) is 0.389. The number of ether oxygens (including phenoxy) is 1. The average Bonchev–Trinajstić information content (AvgIpc) is 2.93. The summed E-state index contributed by atoms with van der Waals surface area (Å²) in [5.74, 6) is 2.10. The molecule has 0 unspecified atom stereocenters. The van der Waals surface area contributed by atoms with E-state index in [2.05, 4.69) is 28.9 Å². The van der Waals surface area contributed by atoms with Crippen LogP contribution in [0.2, 0.25) is 5.02 Å². The van der Waals surface area contributed by atoms with Crippen molar-refractivity contribution in [2.24, 2.45) is 0 Å². The van der Waals surface area contributed by atoms with Gasteiger partial charge in [-0.1, -0.05) is 25.4 Å². The van der Waals surface area contributed by atoms with Gasteiger partial charge in [0, 0.05) is 11.5 Å². The third kappa shape index (κ3) is 3.02. The molecule has 0 aliphatic heterocycles. The summed E-state index contributed by atoms with van der Waals surface area (Å²) in [5.41, 5.74) is 1.69. The van der Waals surface area contributed by atoms with Crippen LogP contribution in [0.1, 0.15) is 44.1 Å². The molecule has 25 heavy (non-hydrogen) atoms. The molecule has 1 N–H and O–H groups in total. The predicted molar refractivity (Wildman–Crippen MR) is 98.7 cm³/mol. The molecule has 0 fully saturated rings. The molecule has 0 bridgehead atoms. The van der Waals surface area contributed by atoms with Crippen molar-refractivity contribution in [1.29, 1.82) is 0 Å². The Hall–Kier alpha value is -2.34. The number of fused-ring (bicyclic) bond motifs is 1. The minimum atomic E-state index is -0.209. The number of aromatic nitrogens is 4. The zero-order chi connectivity index (χ0) is 18.1. The van der Waals surface area contributed by atoms with Crippen LogP contribution in [0, 0.1) is 6.92 Å². The molecular formula is C18H21ClN4O2. The number of halogens is 1. The monoisotopic (exact) mass is 360 g/mol. The van der Waals surface area contributed by atoms with Crippen LogP contribution in [0.25, 0.3) is 16.9 Å². The standard InChI is InChI=1S/C18H21ClN4O2/c1-5-11(6-2)17-20-10(3)15-18(24)21-16(22-23(15)17)12-7-8-14(25-4)13(19)9-12/h7-9,11H,5-6H2,1-4H3,(H,21,22,24). The lowest BCUT2D eigenvalue weighted by Gasteiger charge is -2.11. The molecule has 0 aliphatic carbocycles. The molecule has 0 radical (unpaired) electrons. The first-order valence-electron chi connectivity index (χ1n) is 8.33. The second kappa shape index (κ2) is 6.88. The van der Waals surface area contributed by atoms with Gasteiger partial charge in [-0.2, -0.15) is 0 Å². The minimum Gasteiger partial charge on any atom is -0.495 e. The molecule has 3 aromatic rings. The van der Waals surface area contributed by atoms with E-state index in [4.69, 9.17) is 16.3 Å². The Morgan fingerprint density at radius 1 is 1.32 bits per heavy atom. The van der Waals surface area contributed by atoms with Crippen molar-refractivity contribution < 1.29 is 4.74 Å². The molecule has 7 heteroatoms. The van der Waals surface area contributed by atoms with Gasteiger partial charge in [-0.15, -0.1) is 5.10 Å². The van der Waals surface area contributed by atoms with Crippen molar-refractivity contribution in [3.8, 4) is 17.1 Å². The molecule has 2 heterocycles. The molecule has 1 aromatic carbocycles. The summed E-state index contributed by atoms with van der Waals surface area (Å²) in [6, 6.07) is 5.29. The van der Waals surface area contributed by atoms with Gasteiger partial charge in [0.05, 0.1) is 17.8 Å². The van der Waals surface area contributed by atoms with Gasteiger partial charge in [0.1, 0.15) is 11.6 Å². The van der Waals surface area contributed by atoms with Crippen LogP contribution in [0.15, 0.2) is 23.0 Å². The number of nitrogens with one attached hydrogen (secondary N) is 1. The van der Waals surface area contributed by atoms with E-state index in [0.717, 1.165) is 18.7 Å². The van der Waals surface area contributed by atoms with Crippen molar-refractivity contribution in [3.05, 3.63) is 45.1 Å². The first-order valence-corrected chi connectivity index (χ1v) is 8.71. The van der Waals surface area contributed by atoms with E-state index in [9.17, 15) is 4.79 Å². The second-order valence-electron chi connectivity index (χ2n) is 5.98. The molecule has 132 valence electrons. The van der Waals surface area contributed by atoms with Crippen molar-refractivity contribution in [2.45, 2.75) is 39.5 Å². The molecule has 3 rings (SSSR count). The molecule has 2 aromatic heterocycles. The maximum absolute atomic E-state index is 12.6. The fourth-order valence-electron chi connectivity index (χ4n) is 3.06. The predicted octanol–water partition coefficient (Wildman–Crippen LogP) is 3.96. The SMILES string of the molecule is CCC(CC)c1nc(C)c2c(=O)[nH]c(-c3ccc(OC)c(Cl)c3)nn12. The van der Waals surface area contributed by atoms with E-state index in [-0.39, 0.29) is 11.5 Å². The van der Waals surface area contributed by atoms with Gasteiger partial charge in [-0.05, 0) is 38.0 Å². The van der Waals surface area contributed by atoms with Crippen LogP contribution in [-0.2, 0) is 0 Å². The highest BCUT2D eigenvalue weighted by Crippen LogP contribution is 2.29. The van der Waals surface area contributed by atoms with Crippen LogP contribution in [0.3, 0.4) is 0 Å². The molecule has 0 saturated carbocycles. The van der Waals surface area contributed by atoms with E-state index < -0.39 is 0 Å². The number of hydrogen-bond donors (Lipinski definition) is 1. The number of aryl methyl sites for hydroxylation is 1. The molecular weight excluding hydrogens is 340 g/mol. The van der Waals surface area contributed by atoms with E-state index >= 15 is 0 Å². The first kappa shape index (κ1) is 17.5. The van der Waals surface area contributed by atoms with Crippen molar-refractivity contribution in [1.82, 2.24) is 19.6 Å². The largest absolute Gasteiger partial charge is 0.495 e. The number of methoxy groups -OCH3 is 1. The number of aromatic amines is 1. The van der Waals surface area contributed by atoms with Crippen LogP contribution in [-0.4, -0.2) is 26.7 Å². The lowest BCUT2D eigenvalue weighted by molar-refractivity contribution is 0.415. The third-order valence-electron chi connectivity index (χ3n) is 4.48. The maximum Gasteiger partial charge on any atom is 0.277 e. The highest BCUT2D eigenvalue weighted by molar-refractivity contribution is 6.32. The summed E-state index contributed by atoms with van der Waals surface area (Å²) in [6.07, 6.45) is 1.88. The zero-order valence-corrected chi connectivity index (χ0v) is 15.5. The van der Waals surface area contributed by atoms with E-state index in [1.54, 1.807) is 23.8 Å². The fourth-order valence-corrected chi connectivity index (χ4v) is 3.31. The first-order chi connectivity index (χ1) is 12.0. The lowest BCUT2D eigenvalue weighted by Crippen LogP contribution is -2.16. The van der Waals surface area contributed by atoms with Gasteiger partial charge in [0.2, 0.25) is 0 Å². The molecule has 0 spiro atoms. The van der Waals surface area contributed by atoms with E-state index in [0.29, 0.717) is 33.4 Å². The van der Waals surface area contributed by atoms with Crippen molar-refractivity contribution >= 4 is 17.1 Å². The van der Waals surface area contributed by atoms with Crippen LogP contribution >= 0.6 is 11.6 Å². The Kier molecular flexibility index (Phi) is 4.81. The number of rotatable bonds is 5. The quantitative estimate of drug-likeness (QED) is 0.747. The normalized spacial score (nSPS) is 11.4. The molecule has 0 amide bonds. The van der Waals surface area contributed by atoms with Gasteiger partial charge in [-0.3, -0.25) is 4.79 Å². The Bertz CT molecular complexity index is 973. The number of benzene rings is 1. The lowest BCUT2D eigenvalue weighted by atomic mass is 10.0. The number of imidazole rings is 1. The Labute approximate surface area is 150 Å². The van der Waals surface area contributed by atoms with Gasteiger partial charge < -0.3 is 9.72 Å². The summed E-state index contributed by atoms with van der Waals surface area (Å²) in [7, 11) is 1.56. The maximum atomic E-state index is 12.6. The summed E-state index contributed by atoms with van der Waals surface area (Å²) in [5, 5.41) is 5.10. The Balaban J connectivity index is 2.23. The van der Waals surface area contributed by atoms with Crippen molar-refractivity contribution in [2.75, 3.05) is 7.11 Å². The number of hydrogen-bond acceptors (Lipinski definition) is 4. The number of nitrogens with zero attached hydrogens (tertiary/aromatic N) is 3. The van der Waals surface area contributed by atoms with E-state index in [1.807, 2.05) is 13.0 Å². The topological polar surface area (TPSA) is 72.3 Å². The zero-order valence-electron chi connectivity index (χ0n) is 14.8. The number of H-pyrrole nitrogens is 1. The van der Waals surface area contributed by atoms with Crippen LogP contribution in [0.5, 0.6) is 5.75 Å².